The van der Waals surface area contributed by atoms with Crippen molar-refractivity contribution in [2.75, 3.05) is 39.4 Å². The third kappa shape index (κ3) is 4.61. The number of carbonyl (C=O) groups excluding carboxylic acids is 1. The fourth-order valence-corrected chi connectivity index (χ4v) is 2.06. The summed E-state index contributed by atoms with van der Waals surface area (Å²) in [7, 11) is 0. The van der Waals surface area contributed by atoms with Crippen LogP contribution in [0.3, 0.4) is 0 Å². The van der Waals surface area contributed by atoms with Gasteiger partial charge in [-0.05, 0) is 18.1 Å². The molecule has 1 aromatic carbocycles. The predicted molar refractivity (Wildman–Crippen MR) is 70.4 cm³/mol. The SMILES string of the molecule is O=C(CN1CCOCC1)NCCc1ccccc1F. The van der Waals surface area contributed by atoms with E-state index in [-0.39, 0.29) is 11.7 Å². The Bertz CT molecular complexity index is 420. The first kappa shape index (κ1) is 14.0. The van der Waals surface area contributed by atoms with Gasteiger partial charge >= 0.3 is 0 Å². The van der Waals surface area contributed by atoms with Gasteiger partial charge in [0, 0.05) is 19.6 Å². The molecule has 19 heavy (non-hydrogen) atoms. The highest BCUT2D eigenvalue weighted by Gasteiger charge is 2.13. The Labute approximate surface area is 112 Å². The number of nitrogens with zero attached hydrogens (tertiary/aromatic N) is 1. The predicted octanol–water partition coefficient (Wildman–Crippen LogP) is 0.817. The Morgan fingerprint density at radius 1 is 1.32 bits per heavy atom. The average Bonchev–Trinajstić information content (AvgIpc) is 2.42. The third-order valence-corrected chi connectivity index (χ3v) is 3.15. The van der Waals surface area contributed by atoms with Gasteiger partial charge in [0.25, 0.3) is 0 Å². The highest BCUT2D eigenvalue weighted by Crippen LogP contribution is 2.06. The van der Waals surface area contributed by atoms with Gasteiger partial charge in [-0.1, -0.05) is 18.2 Å². The van der Waals surface area contributed by atoms with Crippen molar-refractivity contribution in [2.45, 2.75) is 6.42 Å². The molecule has 1 amide bonds. The van der Waals surface area contributed by atoms with E-state index in [4.69, 9.17) is 4.74 Å². The van der Waals surface area contributed by atoms with Crippen molar-refractivity contribution in [3.8, 4) is 0 Å². The minimum atomic E-state index is -0.218. The second-order valence-electron chi connectivity index (χ2n) is 4.58. The molecular weight excluding hydrogens is 247 g/mol. The van der Waals surface area contributed by atoms with Gasteiger partial charge in [0.15, 0.2) is 0 Å². The van der Waals surface area contributed by atoms with E-state index >= 15 is 0 Å². The summed E-state index contributed by atoms with van der Waals surface area (Å²) >= 11 is 0. The van der Waals surface area contributed by atoms with Crippen LogP contribution in [0.4, 0.5) is 4.39 Å². The maximum atomic E-state index is 13.4. The zero-order chi connectivity index (χ0) is 13.5. The standard InChI is InChI=1S/C14H19FN2O2/c15-13-4-2-1-3-12(13)5-6-16-14(18)11-17-7-9-19-10-8-17/h1-4H,5-11H2,(H,16,18). The van der Waals surface area contributed by atoms with E-state index in [1.807, 2.05) is 0 Å². The normalized spacial score (nSPS) is 16.3. The van der Waals surface area contributed by atoms with E-state index in [1.54, 1.807) is 18.2 Å². The first-order chi connectivity index (χ1) is 9.25. The Hall–Kier alpha value is -1.46. The van der Waals surface area contributed by atoms with Gasteiger partial charge in [-0.25, -0.2) is 4.39 Å². The van der Waals surface area contributed by atoms with Crippen LogP contribution in [-0.2, 0) is 16.0 Å². The molecule has 0 aliphatic carbocycles. The minimum absolute atomic E-state index is 0.0155. The lowest BCUT2D eigenvalue weighted by Crippen LogP contribution is -2.43. The topological polar surface area (TPSA) is 41.6 Å². The van der Waals surface area contributed by atoms with Gasteiger partial charge in [0.1, 0.15) is 5.82 Å². The molecule has 1 fully saturated rings. The molecule has 1 N–H and O–H groups in total. The van der Waals surface area contributed by atoms with Crippen LogP contribution in [-0.4, -0.2) is 50.2 Å². The molecule has 0 bridgehead atoms. The van der Waals surface area contributed by atoms with Crippen molar-refractivity contribution >= 4 is 5.91 Å². The van der Waals surface area contributed by atoms with Gasteiger partial charge in [0.2, 0.25) is 5.91 Å². The third-order valence-electron chi connectivity index (χ3n) is 3.15. The molecule has 1 aromatic rings. The Morgan fingerprint density at radius 2 is 2.05 bits per heavy atom. The van der Waals surface area contributed by atoms with Crippen molar-refractivity contribution in [1.82, 2.24) is 10.2 Å². The van der Waals surface area contributed by atoms with Crippen LogP contribution in [0.25, 0.3) is 0 Å². The summed E-state index contributed by atoms with van der Waals surface area (Å²) in [6.07, 6.45) is 0.515. The summed E-state index contributed by atoms with van der Waals surface area (Å²) < 4.78 is 18.6. The average molecular weight is 266 g/mol. The molecule has 0 spiro atoms. The number of ether oxygens (including phenoxy) is 1. The number of morpholine rings is 1. The number of rotatable bonds is 5. The largest absolute Gasteiger partial charge is 0.379 e. The van der Waals surface area contributed by atoms with Gasteiger partial charge in [0.05, 0.1) is 19.8 Å². The van der Waals surface area contributed by atoms with Crippen molar-refractivity contribution < 1.29 is 13.9 Å². The highest BCUT2D eigenvalue weighted by atomic mass is 19.1. The minimum Gasteiger partial charge on any atom is -0.379 e. The van der Waals surface area contributed by atoms with Crippen LogP contribution in [0.2, 0.25) is 0 Å². The molecule has 4 nitrogen and oxygen atoms in total. The lowest BCUT2D eigenvalue weighted by molar-refractivity contribution is -0.123. The number of benzene rings is 1. The summed E-state index contributed by atoms with van der Waals surface area (Å²) in [6.45, 7) is 3.80. The lowest BCUT2D eigenvalue weighted by Gasteiger charge is -2.25. The molecule has 104 valence electrons. The molecule has 2 rings (SSSR count). The molecule has 0 aromatic heterocycles. The van der Waals surface area contributed by atoms with Crippen molar-refractivity contribution in [3.05, 3.63) is 35.6 Å². The second kappa shape index (κ2) is 7.21. The van der Waals surface area contributed by atoms with Gasteiger partial charge in [-0.2, -0.15) is 0 Å². The van der Waals surface area contributed by atoms with Gasteiger partial charge in [-0.15, -0.1) is 0 Å². The smallest absolute Gasteiger partial charge is 0.234 e. The number of nitrogens with one attached hydrogen (secondary N) is 1. The van der Waals surface area contributed by atoms with Crippen LogP contribution in [0, 0.1) is 5.82 Å². The van der Waals surface area contributed by atoms with E-state index in [2.05, 4.69) is 10.2 Å². The molecule has 0 unspecified atom stereocenters. The van der Waals surface area contributed by atoms with E-state index in [9.17, 15) is 9.18 Å². The van der Waals surface area contributed by atoms with Crippen LogP contribution < -0.4 is 5.32 Å². The van der Waals surface area contributed by atoms with E-state index in [0.29, 0.717) is 38.3 Å². The number of amides is 1. The summed E-state index contributed by atoms with van der Waals surface area (Å²) in [5, 5.41) is 2.82. The molecule has 1 saturated heterocycles. The molecular formula is C14H19FN2O2. The van der Waals surface area contributed by atoms with E-state index < -0.39 is 0 Å². The molecule has 1 aliphatic heterocycles. The molecule has 1 aliphatic rings. The zero-order valence-corrected chi connectivity index (χ0v) is 10.9. The van der Waals surface area contributed by atoms with Crippen LogP contribution in [0.15, 0.2) is 24.3 Å². The Balaban J connectivity index is 1.67. The van der Waals surface area contributed by atoms with Crippen LogP contribution in [0.1, 0.15) is 5.56 Å². The fourth-order valence-electron chi connectivity index (χ4n) is 2.06. The maximum Gasteiger partial charge on any atom is 0.234 e. The molecule has 0 saturated carbocycles. The van der Waals surface area contributed by atoms with Crippen LogP contribution in [0.5, 0.6) is 0 Å². The number of halogens is 1. The molecule has 0 radical (unpaired) electrons. The summed E-state index contributed by atoms with van der Waals surface area (Å²) in [4.78, 5) is 13.8. The van der Waals surface area contributed by atoms with E-state index in [0.717, 1.165) is 13.1 Å². The van der Waals surface area contributed by atoms with Crippen molar-refractivity contribution in [3.63, 3.8) is 0 Å². The fraction of sp³-hybridized carbons (Fsp3) is 0.500. The number of hydrogen-bond donors (Lipinski definition) is 1. The van der Waals surface area contributed by atoms with E-state index in [1.165, 1.54) is 6.07 Å². The summed E-state index contributed by atoms with van der Waals surface area (Å²) in [6, 6.07) is 6.64. The first-order valence-corrected chi connectivity index (χ1v) is 6.56. The lowest BCUT2D eigenvalue weighted by atomic mass is 10.1. The van der Waals surface area contributed by atoms with Gasteiger partial charge < -0.3 is 10.1 Å². The highest BCUT2D eigenvalue weighted by molar-refractivity contribution is 5.78. The maximum absolute atomic E-state index is 13.4. The monoisotopic (exact) mass is 266 g/mol. The van der Waals surface area contributed by atoms with Crippen LogP contribution >= 0.6 is 0 Å². The van der Waals surface area contributed by atoms with Crippen molar-refractivity contribution in [1.29, 1.82) is 0 Å². The summed E-state index contributed by atoms with van der Waals surface area (Å²) in [5.74, 6) is -0.233. The quantitative estimate of drug-likeness (QED) is 0.858. The Morgan fingerprint density at radius 3 is 2.79 bits per heavy atom. The molecule has 1 heterocycles. The Kier molecular flexibility index (Phi) is 5.30. The van der Waals surface area contributed by atoms with Gasteiger partial charge in [-0.3, -0.25) is 9.69 Å². The zero-order valence-electron chi connectivity index (χ0n) is 10.9. The summed E-state index contributed by atoms with van der Waals surface area (Å²) in [5.41, 5.74) is 0.633. The number of carbonyl (C=O) groups is 1. The van der Waals surface area contributed by atoms with Crippen molar-refractivity contribution in [2.24, 2.45) is 0 Å². The second-order valence-corrected chi connectivity index (χ2v) is 4.58. The molecule has 5 heteroatoms. The first-order valence-electron chi connectivity index (χ1n) is 6.56. The number of hydrogen-bond acceptors (Lipinski definition) is 3. The molecule has 0 atom stereocenters.